The van der Waals surface area contributed by atoms with E-state index in [9.17, 15) is 14.4 Å². The maximum atomic E-state index is 13.2. The number of nitrogens with zero attached hydrogens (tertiary/aromatic N) is 5. The molecule has 0 radical (unpaired) electrons. The van der Waals surface area contributed by atoms with E-state index in [1.54, 1.807) is 7.05 Å². The molecule has 1 aliphatic rings. The van der Waals surface area contributed by atoms with Gasteiger partial charge in [-0.15, -0.1) is 0 Å². The molecule has 1 amide bonds. The van der Waals surface area contributed by atoms with Gasteiger partial charge in [-0.1, -0.05) is 13.0 Å². The third-order valence-corrected chi connectivity index (χ3v) is 5.42. The standard InChI is InChI=1S/C20H25N7O3/c1-11-5-12(2)7-14(6-11)25-8-13(3)9-26-16-17(22-19(25)26)24(4)20(30)27(18(16)29)10-15(28)23-21/h5-7,13H,8-10,21H2,1-4H3,(H,23,28)/t13-/m1/s1. The number of anilines is 2. The lowest BCUT2D eigenvalue weighted by Crippen LogP contribution is -2.45. The average molecular weight is 411 g/mol. The van der Waals surface area contributed by atoms with Crippen LogP contribution in [0.25, 0.3) is 11.2 Å². The van der Waals surface area contributed by atoms with E-state index in [0.717, 1.165) is 27.9 Å². The number of hydrogen-bond donors (Lipinski definition) is 2. The Kier molecular flexibility index (Phi) is 4.73. The summed E-state index contributed by atoms with van der Waals surface area (Å²) in [5.74, 6) is 5.37. The van der Waals surface area contributed by atoms with E-state index in [1.807, 2.05) is 23.8 Å². The third kappa shape index (κ3) is 3.09. The van der Waals surface area contributed by atoms with Crippen LogP contribution in [0.5, 0.6) is 0 Å². The normalized spacial score (nSPS) is 16.0. The van der Waals surface area contributed by atoms with Crippen LogP contribution in [-0.4, -0.2) is 31.1 Å². The summed E-state index contributed by atoms with van der Waals surface area (Å²) in [6.07, 6.45) is 0. The zero-order valence-electron chi connectivity index (χ0n) is 17.5. The van der Waals surface area contributed by atoms with Crippen LogP contribution in [0, 0.1) is 19.8 Å². The SMILES string of the molecule is Cc1cc(C)cc(N2C[C@@H](C)Cn3c2nc2c3c(=O)n(CC(=O)NN)c(=O)n2C)c1. The van der Waals surface area contributed by atoms with Crippen LogP contribution >= 0.6 is 0 Å². The topological polar surface area (TPSA) is 120 Å². The Morgan fingerprint density at radius 1 is 1.20 bits per heavy atom. The van der Waals surface area contributed by atoms with E-state index < -0.39 is 23.7 Å². The molecular weight excluding hydrogens is 386 g/mol. The first kappa shape index (κ1) is 19.9. The zero-order valence-corrected chi connectivity index (χ0v) is 17.5. The molecule has 0 bridgehead atoms. The van der Waals surface area contributed by atoms with Gasteiger partial charge in [0.15, 0.2) is 11.2 Å². The highest BCUT2D eigenvalue weighted by Gasteiger charge is 2.30. The summed E-state index contributed by atoms with van der Waals surface area (Å²) in [6.45, 7) is 7.06. The van der Waals surface area contributed by atoms with E-state index in [2.05, 4.69) is 35.0 Å². The fourth-order valence-electron chi connectivity index (χ4n) is 4.16. The molecule has 0 saturated heterocycles. The number of benzene rings is 1. The second kappa shape index (κ2) is 7.13. The van der Waals surface area contributed by atoms with Crippen LogP contribution in [0.1, 0.15) is 18.1 Å². The van der Waals surface area contributed by atoms with Crippen molar-refractivity contribution in [3.8, 4) is 0 Å². The summed E-state index contributed by atoms with van der Waals surface area (Å²) in [4.78, 5) is 44.4. The zero-order chi connectivity index (χ0) is 21.7. The van der Waals surface area contributed by atoms with E-state index in [4.69, 9.17) is 5.84 Å². The summed E-state index contributed by atoms with van der Waals surface area (Å²) < 4.78 is 4.04. The van der Waals surface area contributed by atoms with Crippen LogP contribution in [0.2, 0.25) is 0 Å². The highest BCUT2D eigenvalue weighted by Crippen LogP contribution is 2.33. The molecule has 1 aliphatic heterocycles. The van der Waals surface area contributed by atoms with Gasteiger partial charge in [-0.05, 0) is 43.0 Å². The van der Waals surface area contributed by atoms with Crippen molar-refractivity contribution < 1.29 is 4.79 Å². The molecule has 1 atom stereocenters. The van der Waals surface area contributed by atoms with Gasteiger partial charge in [0.1, 0.15) is 6.54 Å². The number of carbonyl (C=O) groups excluding carboxylic acids is 1. The Morgan fingerprint density at radius 3 is 2.50 bits per heavy atom. The fourth-order valence-corrected chi connectivity index (χ4v) is 4.16. The van der Waals surface area contributed by atoms with Gasteiger partial charge in [-0.25, -0.2) is 15.2 Å². The van der Waals surface area contributed by atoms with Crippen LogP contribution in [0.4, 0.5) is 11.6 Å². The van der Waals surface area contributed by atoms with E-state index >= 15 is 0 Å². The number of nitrogens with two attached hydrogens (primary N) is 1. The molecule has 0 unspecified atom stereocenters. The molecule has 4 rings (SSSR count). The number of aryl methyl sites for hydroxylation is 3. The van der Waals surface area contributed by atoms with Crippen molar-refractivity contribution in [2.45, 2.75) is 33.9 Å². The van der Waals surface area contributed by atoms with Crippen molar-refractivity contribution in [1.29, 1.82) is 0 Å². The monoisotopic (exact) mass is 411 g/mol. The number of rotatable bonds is 3. The number of hydrogen-bond acceptors (Lipinski definition) is 6. The van der Waals surface area contributed by atoms with Gasteiger partial charge in [0.2, 0.25) is 5.95 Å². The Labute approximate surface area is 172 Å². The average Bonchev–Trinajstić information content (AvgIpc) is 3.07. The van der Waals surface area contributed by atoms with Gasteiger partial charge in [0.05, 0.1) is 0 Å². The fraction of sp³-hybridized carbons (Fsp3) is 0.400. The summed E-state index contributed by atoms with van der Waals surface area (Å²) in [6, 6.07) is 6.26. The molecule has 1 aromatic carbocycles. The number of amides is 1. The second-order valence-corrected chi connectivity index (χ2v) is 8.06. The minimum absolute atomic E-state index is 0.244. The lowest BCUT2D eigenvalue weighted by molar-refractivity contribution is -0.121. The predicted molar refractivity (Wildman–Crippen MR) is 114 cm³/mol. The molecule has 3 aromatic rings. The molecule has 0 saturated carbocycles. The Balaban J connectivity index is 1.99. The van der Waals surface area contributed by atoms with Crippen molar-refractivity contribution in [2.24, 2.45) is 18.8 Å². The highest BCUT2D eigenvalue weighted by atomic mass is 16.2. The van der Waals surface area contributed by atoms with Gasteiger partial charge in [-0.2, -0.15) is 4.98 Å². The molecule has 2 aromatic heterocycles. The highest BCUT2D eigenvalue weighted by molar-refractivity contribution is 5.78. The Morgan fingerprint density at radius 2 is 1.87 bits per heavy atom. The first-order valence-electron chi connectivity index (χ1n) is 9.76. The van der Waals surface area contributed by atoms with Gasteiger partial charge >= 0.3 is 5.69 Å². The lowest BCUT2D eigenvalue weighted by Gasteiger charge is -2.33. The first-order valence-corrected chi connectivity index (χ1v) is 9.76. The molecule has 158 valence electrons. The number of hydrazine groups is 1. The molecule has 0 fully saturated rings. The summed E-state index contributed by atoms with van der Waals surface area (Å²) in [5, 5.41) is 0. The van der Waals surface area contributed by atoms with Crippen LogP contribution in [0.15, 0.2) is 27.8 Å². The van der Waals surface area contributed by atoms with Crippen molar-refractivity contribution in [3.05, 3.63) is 50.2 Å². The number of aromatic nitrogens is 4. The number of carbonyl (C=O) groups is 1. The smallest absolute Gasteiger partial charge is 0.312 e. The van der Waals surface area contributed by atoms with E-state index in [-0.39, 0.29) is 5.92 Å². The molecule has 30 heavy (non-hydrogen) atoms. The molecule has 3 N–H and O–H groups in total. The summed E-state index contributed by atoms with van der Waals surface area (Å²) in [7, 11) is 1.55. The van der Waals surface area contributed by atoms with Crippen molar-refractivity contribution >= 4 is 28.7 Å². The number of fused-ring (bicyclic) bond motifs is 3. The summed E-state index contributed by atoms with van der Waals surface area (Å²) in [5.41, 5.74) is 4.65. The van der Waals surface area contributed by atoms with Crippen LogP contribution in [0.3, 0.4) is 0 Å². The molecule has 10 heteroatoms. The molecular formula is C20H25N7O3. The molecule has 0 spiro atoms. The van der Waals surface area contributed by atoms with Gasteiger partial charge in [0, 0.05) is 25.8 Å². The quantitative estimate of drug-likeness (QED) is 0.363. The van der Waals surface area contributed by atoms with E-state index in [1.165, 1.54) is 4.57 Å². The molecule has 0 aliphatic carbocycles. The second-order valence-electron chi connectivity index (χ2n) is 8.06. The molecule has 10 nitrogen and oxygen atoms in total. The number of nitrogens with one attached hydrogen (secondary N) is 1. The largest absolute Gasteiger partial charge is 0.332 e. The maximum absolute atomic E-state index is 13.2. The van der Waals surface area contributed by atoms with E-state index in [0.29, 0.717) is 23.7 Å². The Hall–Kier alpha value is -3.40. The van der Waals surface area contributed by atoms with Gasteiger partial charge < -0.3 is 9.47 Å². The minimum Gasteiger partial charge on any atom is -0.312 e. The van der Waals surface area contributed by atoms with Gasteiger partial charge in [-0.3, -0.25) is 19.6 Å². The van der Waals surface area contributed by atoms with Crippen molar-refractivity contribution in [3.63, 3.8) is 0 Å². The maximum Gasteiger partial charge on any atom is 0.332 e. The first-order chi connectivity index (χ1) is 14.2. The van der Waals surface area contributed by atoms with Crippen LogP contribution in [-0.2, 0) is 24.9 Å². The van der Waals surface area contributed by atoms with Crippen molar-refractivity contribution in [2.75, 3.05) is 11.4 Å². The summed E-state index contributed by atoms with van der Waals surface area (Å²) >= 11 is 0. The Bertz CT molecular complexity index is 1260. The predicted octanol–water partition coefficient (Wildman–Crippen LogP) is 0.291. The molecule has 3 heterocycles. The number of imidazole rings is 1. The van der Waals surface area contributed by atoms with Crippen LogP contribution < -0.4 is 27.4 Å². The van der Waals surface area contributed by atoms with Gasteiger partial charge in [0.25, 0.3) is 11.5 Å². The third-order valence-electron chi connectivity index (χ3n) is 5.42. The minimum atomic E-state index is -0.628. The lowest BCUT2D eigenvalue weighted by atomic mass is 10.1. The van der Waals surface area contributed by atoms with Crippen molar-refractivity contribution in [1.82, 2.24) is 24.1 Å².